The number of ether oxygens (including phenoxy) is 2. The molecule has 1 aromatic heterocycles. The van der Waals surface area contributed by atoms with E-state index in [1.807, 2.05) is 36.4 Å². The van der Waals surface area contributed by atoms with Crippen LogP contribution in [0, 0.1) is 0 Å². The predicted octanol–water partition coefficient (Wildman–Crippen LogP) is 7.17. The number of carbonyl (C=O) groups excluding carboxylic acids is 2. The third-order valence-corrected chi connectivity index (χ3v) is 6.88. The lowest BCUT2D eigenvalue weighted by atomic mass is 9.98. The SMILES string of the molecule is CCOC(=O)c1ccc(N2C(=O)c3oc4ccc(Cl)cc4c(=O)c3C2c2cccc(Oc3ccccc3)c2)cc1. The van der Waals surface area contributed by atoms with Gasteiger partial charge in [-0.25, -0.2) is 4.79 Å². The number of anilines is 1. The van der Waals surface area contributed by atoms with Crippen molar-refractivity contribution in [3.63, 3.8) is 0 Å². The second-order valence-electron chi connectivity index (χ2n) is 9.15. The van der Waals surface area contributed by atoms with Crippen molar-refractivity contribution in [2.45, 2.75) is 13.0 Å². The van der Waals surface area contributed by atoms with Gasteiger partial charge in [0.05, 0.1) is 29.2 Å². The quantitative estimate of drug-likeness (QED) is 0.208. The van der Waals surface area contributed by atoms with Gasteiger partial charge in [0, 0.05) is 10.7 Å². The molecule has 1 unspecified atom stereocenters. The number of para-hydroxylation sites is 1. The molecule has 40 heavy (non-hydrogen) atoms. The molecule has 198 valence electrons. The van der Waals surface area contributed by atoms with Crippen LogP contribution >= 0.6 is 11.6 Å². The van der Waals surface area contributed by atoms with Crippen LogP contribution in [0.15, 0.2) is 106 Å². The second kappa shape index (κ2) is 10.4. The van der Waals surface area contributed by atoms with Crippen LogP contribution in [0.2, 0.25) is 5.02 Å². The monoisotopic (exact) mass is 551 g/mol. The van der Waals surface area contributed by atoms with Crippen LogP contribution in [0.3, 0.4) is 0 Å². The summed E-state index contributed by atoms with van der Waals surface area (Å²) in [6, 6.07) is 26.9. The minimum Gasteiger partial charge on any atom is -0.462 e. The van der Waals surface area contributed by atoms with Crippen LogP contribution in [0.5, 0.6) is 11.5 Å². The standard InChI is InChI=1S/C32H22ClNO6/c1-2-38-32(37)19-11-14-22(15-12-19)34-28(20-7-6-10-24(17-20)39-23-8-4-3-5-9-23)27-29(35)25-18-21(33)13-16-26(25)40-30(27)31(34)36/h3-18,28H,2H2,1H3. The largest absolute Gasteiger partial charge is 0.462 e. The zero-order valence-corrected chi connectivity index (χ0v) is 22.1. The van der Waals surface area contributed by atoms with Gasteiger partial charge in [0.25, 0.3) is 5.91 Å². The van der Waals surface area contributed by atoms with E-state index in [9.17, 15) is 14.4 Å². The van der Waals surface area contributed by atoms with E-state index in [0.717, 1.165) is 0 Å². The average molecular weight is 552 g/mol. The summed E-state index contributed by atoms with van der Waals surface area (Å²) < 4.78 is 17.1. The Kier molecular flexibility index (Phi) is 6.58. The Labute approximate surface area is 234 Å². The van der Waals surface area contributed by atoms with Crippen LogP contribution < -0.4 is 15.1 Å². The van der Waals surface area contributed by atoms with Crippen molar-refractivity contribution >= 4 is 40.1 Å². The highest BCUT2D eigenvalue weighted by molar-refractivity contribution is 6.31. The Hall–Kier alpha value is -4.88. The number of rotatable bonds is 6. The predicted molar refractivity (Wildman–Crippen MR) is 152 cm³/mol. The van der Waals surface area contributed by atoms with E-state index in [1.165, 1.54) is 11.0 Å². The van der Waals surface area contributed by atoms with Gasteiger partial charge in [0.15, 0.2) is 5.43 Å². The first-order valence-corrected chi connectivity index (χ1v) is 13.0. The van der Waals surface area contributed by atoms with E-state index in [2.05, 4.69) is 0 Å². The van der Waals surface area contributed by atoms with Gasteiger partial charge in [0.1, 0.15) is 17.1 Å². The molecule has 0 aliphatic carbocycles. The van der Waals surface area contributed by atoms with Gasteiger partial charge in [0.2, 0.25) is 5.76 Å². The molecule has 1 amide bonds. The topological polar surface area (TPSA) is 86.0 Å². The molecule has 1 atom stereocenters. The van der Waals surface area contributed by atoms with Crippen LogP contribution in [0.1, 0.15) is 45.0 Å². The van der Waals surface area contributed by atoms with Gasteiger partial charge in [-0.1, -0.05) is 41.9 Å². The van der Waals surface area contributed by atoms with Crippen molar-refractivity contribution in [2.75, 3.05) is 11.5 Å². The summed E-state index contributed by atoms with van der Waals surface area (Å²) in [6.45, 7) is 1.98. The molecule has 0 fully saturated rings. The van der Waals surface area contributed by atoms with Crippen molar-refractivity contribution < 1.29 is 23.5 Å². The number of halogens is 1. The van der Waals surface area contributed by atoms with Crippen LogP contribution in [0.4, 0.5) is 5.69 Å². The molecule has 0 spiro atoms. The normalized spacial score (nSPS) is 14.3. The van der Waals surface area contributed by atoms with Crippen molar-refractivity contribution in [3.05, 3.63) is 135 Å². The Morgan fingerprint density at radius 1 is 0.900 bits per heavy atom. The fourth-order valence-electron chi connectivity index (χ4n) is 4.87. The van der Waals surface area contributed by atoms with Gasteiger partial charge in [-0.3, -0.25) is 14.5 Å². The molecule has 6 rings (SSSR count). The summed E-state index contributed by atoms with van der Waals surface area (Å²) in [7, 11) is 0. The molecule has 0 radical (unpaired) electrons. The molecule has 0 bridgehead atoms. The van der Waals surface area contributed by atoms with Gasteiger partial charge >= 0.3 is 5.97 Å². The Morgan fingerprint density at radius 3 is 2.40 bits per heavy atom. The minimum absolute atomic E-state index is 0.0475. The van der Waals surface area contributed by atoms with Gasteiger partial charge < -0.3 is 13.9 Å². The number of carbonyl (C=O) groups is 2. The lowest BCUT2D eigenvalue weighted by molar-refractivity contribution is 0.0526. The van der Waals surface area contributed by atoms with E-state index in [-0.39, 0.29) is 34.3 Å². The first-order chi connectivity index (χ1) is 19.4. The van der Waals surface area contributed by atoms with Gasteiger partial charge in [-0.05, 0) is 79.2 Å². The molecule has 8 heteroatoms. The molecule has 1 aliphatic rings. The molecule has 7 nitrogen and oxygen atoms in total. The Balaban J connectivity index is 1.51. The maximum Gasteiger partial charge on any atom is 0.338 e. The van der Waals surface area contributed by atoms with E-state index in [0.29, 0.717) is 33.3 Å². The molecule has 1 aliphatic heterocycles. The van der Waals surface area contributed by atoms with Crippen molar-refractivity contribution in [1.82, 2.24) is 0 Å². The highest BCUT2D eigenvalue weighted by Crippen LogP contribution is 2.42. The number of fused-ring (bicyclic) bond motifs is 2. The van der Waals surface area contributed by atoms with E-state index < -0.39 is 17.9 Å². The summed E-state index contributed by atoms with van der Waals surface area (Å²) in [6.07, 6.45) is 0. The Bertz CT molecular complexity index is 1810. The number of benzene rings is 4. The van der Waals surface area contributed by atoms with Crippen LogP contribution in [0.25, 0.3) is 11.0 Å². The molecule has 2 heterocycles. The van der Waals surface area contributed by atoms with Crippen molar-refractivity contribution in [3.8, 4) is 11.5 Å². The van der Waals surface area contributed by atoms with Crippen LogP contribution in [-0.2, 0) is 4.74 Å². The number of nitrogens with zero attached hydrogens (tertiary/aromatic N) is 1. The van der Waals surface area contributed by atoms with E-state index >= 15 is 0 Å². The van der Waals surface area contributed by atoms with E-state index in [4.69, 9.17) is 25.5 Å². The molecular weight excluding hydrogens is 530 g/mol. The number of amides is 1. The number of esters is 1. The molecule has 4 aromatic carbocycles. The summed E-state index contributed by atoms with van der Waals surface area (Å²) in [5, 5.41) is 0.658. The number of hydrogen-bond donors (Lipinski definition) is 0. The van der Waals surface area contributed by atoms with Gasteiger partial charge in [-0.15, -0.1) is 0 Å². The zero-order valence-electron chi connectivity index (χ0n) is 21.3. The molecule has 5 aromatic rings. The fourth-order valence-corrected chi connectivity index (χ4v) is 5.04. The first-order valence-electron chi connectivity index (χ1n) is 12.6. The molecule has 0 saturated carbocycles. The van der Waals surface area contributed by atoms with Crippen molar-refractivity contribution in [1.29, 1.82) is 0 Å². The maximum absolute atomic E-state index is 13.9. The Morgan fingerprint density at radius 2 is 1.65 bits per heavy atom. The maximum atomic E-state index is 13.9. The third kappa shape index (κ3) is 4.50. The van der Waals surface area contributed by atoms with Gasteiger partial charge in [-0.2, -0.15) is 0 Å². The van der Waals surface area contributed by atoms with Crippen LogP contribution in [-0.4, -0.2) is 18.5 Å². The highest BCUT2D eigenvalue weighted by Gasteiger charge is 2.43. The summed E-state index contributed by atoms with van der Waals surface area (Å²) in [5.74, 6) is 0.192. The second-order valence-corrected chi connectivity index (χ2v) is 9.58. The van der Waals surface area contributed by atoms with E-state index in [1.54, 1.807) is 61.5 Å². The molecule has 0 N–H and O–H groups in total. The summed E-state index contributed by atoms with van der Waals surface area (Å²) in [4.78, 5) is 41.5. The lowest BCUT2D eigenvalue weighted by Crippen LogP contribution is -2.29. The highest BCUT2D eigenvalue weighted by atomic mass is 35.5. The first kappa shape index (κ1) is 25.4. The summed E-state index contributed by atoms with van der Waals surface area (Å²) >= 11 is 6.20. The molecule has 0 saturated heterocycles. The van der Waals surface area contributed by atoms with Crippen molar-refractivity contribution in [2.24, 2.45) is 0 Å². The molecular formula is C32H22ClNO6. The lowest BCUT2D eigenvalue weighted by Gasteiger charge is -2.25. The smallest absolute Gasteiger partial charge is 0.338 e. The third-order valence-electron chi connectivity index (χ3n) is 6.64. The summed E-state index contributed by atoms with van der Waals surface area (Å²) in [5.41, 5.74) is 1.58. The minimum atomic E-state index is -0.824. The number of hydrogen-bond acceptors (Lipinski definition) is 6. The average Bonchev–Trinajstić information content (AvgIpc) is 3.26. The zero-order chi connectivity index (χ0) is 27.8. The fraction of sp³-hybridized carbons (Fsp3) is 0.0938.